The van der Waals surface area contributed by atoms with Crippen LogP contribution in [-0.4, -0.2) is 26.4 Å². The van der Waals surface area contributed by atoms with Gasteiger partial charge < -0.3 is 4.74 Å². The summed E-state index contributed by atoms with van der Waals surface area (Å²) in [6.07, 6.45) is -1.83. The normalized spacial score (nSPS) is 11.4. The minimum absolute atomic E-state index is 0.0776. The van der Waals surface area contributed by atoms with Gasteiger partial charge in [0.1, 0.15) is 0 Å². The van der Waals surface area contributed by atoms with Crippen molar-refractivity contribution in [2.75, 3.05) is 12.0 Å². The Balaban J connectivity index is 2.44. The van der Waals surface area contributed by atoms with Gasteiger partial charge in [-0.2, -0.15) is 23.3 Å². The number of hydrogen-bond donors (Lipinski definition) is 2. The number of hydrogen-bond acceptors (Lipinski definition) is 6. The van der Waals surface area contributed by atoms with Crippen molar-refractivity contribution in [3.63, 3.8) is 0 Å². The zero-order chi connectivity index (χ0) is 14.8. The third kappa shape index (κ3) is 2.96. The fourth-order valence-electron chi connectivity index (χ4n) is 1.43. The van der Waals surface area contributed by atoms with E-state index in [-0.39, 0.29) is 11.8 Å². The van der Waals surface area contributed by atoms with Crippen LogP contribution in [0.3, 0.4) is 0 Å². The molecule has 2 aromatic heterocycles. The zero-order valence-electron chi connectivity index (χ0n) is 10.3. The molecule has 0 unspecified atom stereocenters. The molecule has 0 aromatic carbocycles. The fraction of sp³-hybridized carbons (Fsp3) is 0.300. The Hall–Kier alpha value is -2.36. The Morgan fingerprint density at radius 3 is 2.75 bits per heavy atom. The predicted molar refractivity (Wildman–Crippen MR) is 63.1 cm³/mol. The van der Waals surface area contributed by atoms with E-state index in [1.54, 1.807) is 6.92 Å². The molecule has 0 radical (unpaired) electrons. The van der Waals surface area contributed by atoms with Crippen molar-refractivity contribution in [3.8, 4) is 11.6 Å². The Labute approximate surface area is 111 Å². The van der Waals surface area contributed by atoms with Crippen molar-refractivity contribution in [2.24, 2.45) is 5.84 Å². The summed E-state index contributed by atoms with van der Waals surface area (Å²) < 4.78 is 44.5. The Kier molecular flexibility index (Phi) is 3.74. The third-order valence-electron chi connectivity index (χ3n) is 2.24. The molecule has 0 spiro atoms. The highest BCUT2D eigenvalue weighted by Crippen LogP contribution is 2.29. The minimum Gasteiger partial charge on any atom is -0.491 e. The zero-order valence-corrected chi connectivity index (χ0v) is 10.3. The SMILES string of the molecule is CCOc1cnn(-c2cc(C(F)(F)F)nc(NN)n2)c1. The lowest BCUT2D eigenvalue weighted by Crippen LogP contribution is -2.17. The number of nitrogens with zero attached hydrogens (tertiary/aromatic N) is 4. The number of hydrazine groups is 1. The molecule has 0 aliphatic rings. The van der Waals surface area contributed by atoms with Crippen molar-refractivity contribution in [1.29, 1.82) is 0 Å². The molecule has 2 rings (SSSR count). The molecule has 7 nitrogen and oxygen atoms in total. The maximum atomic E-state index is 12.7. The van der Waals surface area contributed by atoms with E-state index in [0.717, 1.165) is 10.7 Å². The van der Waals surface area contributed by atoms with Gasteiger partial charge >= 0.3 is 6.18 Å². The van der Waals surface area contributed by atoms with Crippen LogP contribution in [0.25, 0.3) is 5.82 Å². The lowest BCUT2D eigenvalue weighted by molar-refractivity contribution is -0.141. The second-order valence-corrected chi connectivity index (χ2v) is 3.63. The minimum atomic E-state index is -4.61. The van der Waals surface area contributed by atoms with E-state index in [4.69, 9.17) is 10.6 Å². The van der Waals surface area contributed by atoms with Gasteiger partial charge in [-0.1, -0.05) is 0 Å². The summed E-state index contributed by atoms with van der Waals surface area (Å²) in [6.45, 7) is 2.19. The van der Waals surface area contributed by atoms with Gasteiger partial charge in [0.05, 0.1) is 19.0 Å². The standard InChI is InChI=1S/C10H11F3N6O/c1-2-20-6-4-15-19(5-6)8-3-7(10(11,12)13)16-9(17-8)18-14/h3-5H,2,14H2,1H3,(H,16,17,18). The van der Waals surface area contributed by atoms with Crippen molar-refractivity contribution >= 4 is 5.95 Å². The van der Waals surface area contributed by atoms with Crippen LogP contribution in [0.1, 0.15) is 12.6 Å². The number of halogens is 3. The van der Waals surface area contributed by atoms with E-state index in [2.05, 4.69) is 15.1 Å². The van der Waals surface area contributed by atoms with Crippen LogP contribution in [0.5, 0.6) is 5.75 Å². The van der Waals surface area contributed by atoms with E-state index in [1.807, 2.05) is 5.43 Å². The molecule has 20 heavy (non-hydrogen) atoms. The van der Waals surface area contributed by atoms with Gasteiger partial charge in [-0.3, -0.25) is 5.43 Å². The highest BCUT2D eigenvalue weighted by atomic mass is 19.4. The van der Waals surface area contributed by atoms with Crippen LogP contribution < -0.4 is 16.0 Å². The van der Waals surface area contributed by atoms with E-state index in [9.17, 15) is 13.2 Å². The molecule has 0 aliphatic carbocycles. The molecule has 3 N–H and O–H groups in total. The fourth-order valence-corrected chi connectivity index (χ4v) is 1.43. The average molecular weight is 288 g/mol. The van der Waals surface area contributed by atoms with Gasteiger partial charge in [0.2, 0.25) is 5.95 Å². The number of nitrogens with two attached hydrogens (primary N) is 1. The van der Waals surface area contributed by atoms with E-state index in [0.29, 0.717) is 12.4 Å². The molecule has 10 heteroatoms. The highest BCUT2D eigenvalue weighted by Gasteiger charge is 2.34. The van der Waals surface area contributed by atoms with Crippen LogP contribution in [0.15, 0.2) is 18.5 Å². The first-order valence-corrected chi connectivity index (χ1v) is 5.54. The molecule has 0 atom stereocenters. The van der Waals surface area contributed by atoms with E-state index in [1.165, 1.54) is 12.4 Å². The molecule has 0 saturated carbocycles. The van der Waals surface area contributed by atoms with Gasteiger partial charge in [0.15, 0.2) is 17.3 Å². The highest BCUT2D eigenvalue weighted by molar-refractivity contribution is 5.35. The largest absolute Gasteiger partial charge is 0.491 e. The second-order valence-electron chi connectivity index (χ2n) is 3.63. The molecule has 108 valence electrons. The molecule has 2 aromatic rings. The van der Waals surface area contributed by atoms with Gasteiger partial charge in [-0.15, -0.1) is 0 Å². The second kappa shape index (κ2) is 5.33. The molecular weight excluding hydrogens is 277 g/mol. The smallest absolute Gasteiger partial charge is 0.433 e. The summed E-state index contributed by atoms with van der Waals surface area (Å²) in [5.41, 5.74) is 0.866. The number of rotatable bonds is 4. The van der Waals surface area contributed by atoms with Gasteiger partial charge in [-0.05, 0) is 6.92 Å². The summed E-state index contributed by atoms with van der Waals surface area (Å²) in [5, 5.41) is 3.87. The number of anilines is 1. The summed E-state index contributed by atoms with van der Waals surface area (Å²) in [5.74, 6) is 5.05. The maximum absolute atomic E-state index is 12.7. The van der Waals surface area contributed by atoms with Crippen LogP contribution in [0.4, 0.5) is 19.1 Å². The van der Waals surface area contributed by atoms with Crippen molar-refractivity contribution in [1.82, 2.24) is 19.7 Å². The maximum Gasteiger partial charge on any atom is 0.433 e. The summed E-state index contributed by atoms with van der Waals surface area (Å²) >= 11 is 0. The molecule has 2 heterocycles. The number of nitrogens with one attached hydrogen (secondary N) is 1. The number of alkyl halides is 3. The number of ether oxygens (including phenoxy) is 1. The van der Waals surface area contributed by atoms with Crippen LogP contribution >= 0.6 is 0 Å². The molecular formula is C10H11F3N6O. The first-order chi connectivity index (χ1) is 9.44. The van der Waals surface area contributed by atoms with Gasteiger partial charge in [0.25, 0.3) is 0 Å². The quantitative estimate of drug-likeness (QED) is 0.652. The molecule has 0 fully saturated rings. The van der Waals surface area contributed by atoms with E-state index >= 15 is 0 Å². The van der Waals surface area contributed by atoms with Crippen LogP contribution in [0, 0.1) is 0 Å². The average Bonchev–Trinajstić information content (AvgIpc) is 2.86. The number of aromatic nitrogens is 4. The van der Waals surface area contributed by atoms with Crippen LogP contribution in [-0.2, 0) is 6.18 Å². The third-order valence-corrected chi connectivity index (χ3v) is 2.24. The summed E-state index contributed by atoms with van der Waals surface area (Å²) in [4.78, 5) is 7.05. The Bertz CT molecular complexity index is 597. The number of nitrogen functional groups attached to an aromatic ring is 1. The first kappa shape index (κ1) is 14.1. The molecule has 0 amide bonds. The van der Waals surface area contributed by atoms with E-state index < -0.39 is 11.9 Å². The van der Waals surface area contributed by atoms with Gasteiger partial charge in [0, 0.05) is 6.07 Å². The molecule has 0 bridgehead atoms. The lowest BCUT2D eigenvalue weighted by Gasteiger charge is -2.09. The summed E-state index contributed by atoms with van der Waals surface area (Å²) in [6, 6.07) is 0.767. The van der Waals surface area contributed by atoms with Crippen molar-refractivity contribution in [2.45, 2.75) is 13.1 Å². The molecule has 0 aliphatic heterocycles. The van der Waals surface area contributed by atoms with Crippen LogP contribution in [0.2, 0.25) is 0 Å². The lowest BCUT2D eigenvalue weighted by atomic mass is 10.4. The monoisotopic (exact) mass is 288 g/mol. The topological polar surface area (TPSA) is 90.9 Å². The van der Waals surface area contributed by atoms with Crippen molar-refractivity contribution in [3.05, 3.63) is 24.2 Å². The van der Waals surface area contributed by atoms with Crippen molar-refractivity contribution < 1.29 is 17.9 Å². The molecule has 0 saturated heterocycles. The first-order valence-electron chi connectivity index (χ1n) is 5.54. The van der Waals surface area contributed by atoms with Gasteiger partial charge in [-0.25, -0.2) is 15.5 Å². The summed E-state index contributed by atoms with van der Waals surface area (Å²) in [7, 11) is 0. The predicted octanol–water partition coefficient (Wildman–Crippen LogP) is 1.37. The Morgan fingerprint density at radius 2 is 2.15 bits per heavy atom. The Morgan fingerprint density at radius 1 is 1.40 bits per heavy atom.